The summed E-state index contributed by atoms with van der Waals surface area (Å²) in [6, 6.07) is 7.45. The van der Waals surface area contributed by atoms with Crippen molar-refractivity contribution < 1.29 is 19.4 Å². The summed E-state index contributed by atoms with van der Waals surface area (Å²) in [5, 5.41) is 12.8. The number of carboxylic acids is 1. The second-order valence-corrected chi connectivity index (χ2v) is 6.06. The fourth-order valence-electron chi connectivity index (χ4n) is 2.21. The van der Waals surface area contributed by atoms with Crippen molar-refractivity contribution in [3.8, 4) is 0 Å². The van der Waals surface area contributed by atoms with Gasteiger partial charge in [-0.1, -0.05) is 18.2 Å². The van der Waals surface area contributed by atoms with Gasteiger partial charge >= 0.3 is 12.1 Å². The average molecular weight is 304 g/mol. The van der Waals surface area contributed by atoms with Crippen LogP contribution in [0.15, 0.2) is 30.5 Å². The molecule has 0 radical (unpaired) electrons. The van der Waals surface area contributed by atoms with Crippen molar-refractivity contribution in [1.29, 1.82) is 0 Å². The van der Waals surface area contributed by atoms with Crippen LogP contribution in [-0.4, -0.2) is 34.3 Å². The number of alkyl carbamates (subject to hydrolysis) is 1. The fourth-order valence-corrected chi connectivity index (χ4v) is 2.21. The molecule has 1 amide bonds. The van der Waals surface area contributed by atoms with Gasteiger partial charge in [-0.25, -0.2) is 4.79 Å². The molecule has 1 unspecified atom stereocenters. The van der Waals surface area contributed by atoms with Crippen molar-refractivity contribution in [3.63, 3.8) is 0 Å². The molecule has 1 aromatic heterocycles. The van der Waals surface area contributed by atoms with Crippen molar-refractivity contribution >= 4 is 23.0 Å². The molecule has 1 aromatic carbocycles. The number of nitrogens with one attached hydrogen (secondary N) is 2. The summed E-state index contributed by atoms with van der Waals surface area (Å²) >= 11 is 0. The van der Waals surface area contributed by atoms with Crippen molar-refractivity contribution in [1.82, 2.24) is 10.3 Å². The van der Waals surface area contributed by atoms with E-state index in [-0.39, 0.29) is 6.54 Å². The van der Waals surface area contributed by atoms with Gasteiger partial charge < -0.3 is 20.1 Å². The maximum Gasteiger partial charge on any atom is 0.407 e. The predicted octanol–water partition coefficient (Wildman–Crippen LogP) is 2.86. The molecule has 2 rings (SSSR count). The molecule has 0 aliphatic rings. The normalized spacial score (nSPS) is 12.9. The summed E-state index contributed by atoms with van der Waals surface area (Å²) in [4.78, 5) is 26.3. The summed E-state index contributed by atoms with van der Waals surface area (Å²) < 4.78 is 5.12. The molecule has 3 N–H and O–H groups in total. The molecule has 0 aliphatic heterocycles. The Hall–Kier alpha value is -2.50. The Labute approximate surface area is 128 Å². The van der Waals surface area contributed by atoms with E-state index in [2.05, 4.69) is 10.3 Å². The largest absolute Gasteiger partial charge is 0.481 e. The third-order valence-electron chi connectivity index (χ3n) is 3.14. The number of ether oxygens (including phenoxy) is 1. The van der Waals surface area contributed by atoms with Crippen LogP contribution in [0.2, 0.25) is 0 Å². The summed E-state index contributed by atoms with van der Waals surface area (Å²) in [5.74, 6) is -1.84. The first kappa shape index (κ1) is 15.9. The second-order valence-electron chi connectivity index (χ2n) is 6.06. The van der Waals surface area contributed by atoms with E-state index in [9.17, 15) is 14.7 Å². The highest BCUT2D eigenvalue weighted by molar-refractivity contribution is 5.89. The Bertz CT molecular complexity index is 685. The topological polar surface area (TPSA) is 91.4 Å². The minimum Gasteiger partial charge on any atom is -0.481 e. The van der Waals surface area contributed by atoms with Gasteiger partial charge in [0, 0.05) is 23.6 Å². The Kier molecular flexibility index (Phi) is 4.40. The number of para-hydroxylation sites is 1. The number of aliphatic carboxylic acids is 1. The standard InChI is InChI=1S/C16H20N2O4/c1-16(2,3)22-15(21)18-9-12(14(19)20)11-8-17-13-7-5-4-6-10(11)13/h4-8,12,17H,9H2,1-3H3,(H,18,21)(H,19,20). The molecule has 22 heavy (non-hydrogen) atoms. The number of hydrogen-bond acceptors (Lipinski definition) is 3. The monoisotopic (exact) mass is 304 g/mol. The van der Waals surface area contributed by atoms with E-state index in [0.717, 1.165) is 10.9 Å². The SMILES string of the molecule is CC(C)(C)OC(=O)NCC(C(=O)O)c1c[nH]c2ccccc12. The quantitative estimate of drug-likeness (QED) is 0.810. The predicted molar refractivity (Wildman–Crippen MR) is 82.9 cm³/mol. The number of carbonyl (C=O) groups excluding carboxylic acids is 1. The zero-order valence-electron chi connectivity index (χ0n) is 12.8. The van der Waals surface area contributed by atoms with Crippen LogP contribution in [0, 0.1) is 0 Å². The van der Waals surface area contributed by atoms with E-state index < -0.39 is 23.6 Å². The van der Waals surface area contributed by atoms with Crippen molar-refractivity contribution in [2.75, 3.05) is 6.54 Å². The first-order valence-electron chi connectivity index (χ1n) is 7.03. The van der Waals surface area contributed by atoms with Crippen LogP contribution >= 0.6 is 0 Å². The molecule has 0 saturated heterocycles. The molecule has 1 atom stereocenters. The lowest BCUT2D eigenvalue weighted by Gasteiger charge is -2.20. The molecular formula is C16H20N2O4. The van der Waals surface area contributed by atoms with E-state index in [0.29, 0.717) is 5.56 Å². The molecule has 1 heterocycles. The summed E-state index contributed by atoms with van der Waals surface area (Å²) in [6.45, 7) is 5.22. The molecule has 6 heteroatoms. The van der Waals surface area contributed by atoms with Gasteiger partial charge in [-0.2, -0.15) is 0 Å². The van der Waals surface area contributed by atoms with Gasteiger partial charge in [0.25, 0.3) is 0 Å². The van der Waals surface area contributed by atoms with E-state index in [4.69, 9.17) is 4.74 Å². The Morgan fingerprint density at radius 3 is 2.64 bits per heavy atom. The molecule has 0 saturated carbocycles. The number of aromatic nitrogens is 1. The number of carbonyl (C=O) groups is 2. The van der Waals surface area contributed by atoms with E-state index in [1.165, 1.54) is 0 Å². The highest BCUT2D eigenvalue weighted by atomic mass is 16.6. The molecule has 118 valence electrons. The number of rotatable bonds is 4. The van der Waals surface area contributed by atoms with Gasteiger partial charge in [0.1, 0.15) is 11.5 Å². The Morgan fingerprint density at radius 2 is 2.00 bits per heavy atom. The average Bonchev–Trinajstić information content (AvgIpc) is 2.81. The number of H-pyrrole nitrogens is 1. The zero-order chi connectivity index (χ0) is 16.3. The Balaban J connectivity index is 2.14. The first-order valence-corrected chi connectivity index (χ1v) is 7.03. The van der Waals surface area contributed by atoms with E-state index in [1.54, 1.807) is 27.0 Å². The zero-order valence-corrected chi connectivity index (χ0v) is 12.8. The molecule has 0 bridgehead atoms. The van der Waals surface area contributed by atoms with Crippen molar-refractivity contribution in [2.45, 2.75) is 32.3 Å². The number of aromatic amines is 1. The molecule has 0 aliphatic carbocycles. The van der Waals surface area contributed by atoms with Gasteiger partial charge in [-0.3, -0.25) is 4.79 Å². The lowest BCUT2D eigenvalue weighted by molar-refractivity contribution is -0.138. The highest BCUT2D eigenvalue weighted by Crippen LogP contribution is 2.25. The van der Waals surface area contributed by atoms with Crippen molar-refractivity contribution in [2.24, 2.45) is 0 Å². The highest BCUT2D eigenvalue weighted by Gasteiger charge is 2.25. The third kappa shape index (κ3) is 3.78. The van der Waals surface area contributed by atoms with Crippen LogP contribution in [-0.2, 0) is 9.53 Å². The van der Waals surface area contributed by atoms with Crippen LogP contribution in [0.3, 0.4) is 0 Å². The summed E-state index contributed by atoms with van der Waals surface area (Å²) in [6.07, 6.45) is 1.04. The number of carboxylic acid groups (broad SMARTS) is 1. The summed E-state index contributed by atoms with van der Waals surface area (Å²) in [7, 11) is 0. The lowest BCUT2D eigenvalue weighted by atomic mass is 9.98. The van der Waals surface area contributed by atoms with Crippen molar-refractivity contribution in [3.05, 3.63) is 36.0 Å². The van der Waals surface area contributed by atoms with Crippen LogP contribution in [0.4, 0.5) is 4.79 Å². The van der Waals surface area contributed by atoms with Gasteiger partial charge in [0.05, 0.1) is 0 Å². The van der Waals surface area contributed by atoms with Gasteiger partial charge in [0.15, 0.2) is 0 Å². The lowest BCUT2D eigenvalue weighted by Crippen LogP contribution is -2.36. The number of amides is 1. The van der Waals surface area contributed by atoms with E-state index >= 15 is 0 Å². The van der Waals surface area contributed by atoms with Crippen LogP contribution < -0.4 is 5.32 Å². The second kappa shape index (κ2) is 6.09. The fraction of sp³-hybridized carbons (Fsp3) is 0.375. The minimum absolute atomic E-state index is 0.0356. The first-order chi connectivity index (χ1) is 10.3. The number of hydrogen-bond donors (Lipinski definition) is 3. The van der Waals surface area contributed by atoms with Gasteiger partial charge in [0.2, 0.25) is 0 Å². The molecule has 2 aromatic rings. The van der Waals surface area contributed by atoms with Crippen LogP contribution in [0.5, 0.6) is 0 Å². The maximum absolute atomic E-state index is 11.7. The molecule has 0 fully saturated rings. The minimum atomic E-state index is -0.999. The third-order valence-corrected chi connectivity index (χ3v) is 3.14. The number of benzene rings is 1. The Morgan fingerprint density at radius 1 is 1.32 bits per heavy atom. The summed E-state index contributed by atoms with van der Waals surface area (Å²) in [5.41, 5.74) is 0.879. The van der Waals surface area contributed by atoms with Gasteiger partial charge in [-0.15, -0.1) is 0 Å². The molecule has 0 spiro atoms. The van der Waals surface area contributed by atoms with Crippen LogP contribution in [0.1, 0.15) is 32.3 Å². The smallest absolute Gasteiger partial charge is 0.407 e. The van der Waals surface area contributed by atoms with E-state index in [1.807, 2.05) is 24.3 Å². The van der Waals surface area contributed by atoms with Gasteiger partial charge in [-0.05, 0) is 32.4 Å². The molecule has 6 nitrogen and oxygen atoms in total. The van der Waals surface area contributed by atoms with Crippen LogP contribution in [0.25, 0.3) is 10.9 Å². The molecular weight excluding hydrogens is 284 g/mol. The maximum atomic E-state index is 11.7. The number of fused-ring (bicyclic) bond motifs is 1.